The molecule has 0 aliphatic heterocycles. The molecule has 0 heterocycles. The smallest absolute Gasteiger partial charge is 0.225 e. The minimum Gasteiger partial charge on any atom is -0.369 e. The van der Waals surface area contributed by atoms with E-state index in [-0.39, 0.29) is 12.8 Å². The summed E-state index contributed by atoms with van der Waals surface area (Å²) in [7, 11) is 0. The van der Waals surface area contributed by atoms with Crippen LogP contribution in [0.25, 0.3) is 0 Å². The number of nitrogens with one attached hydrogen (secondary N) is 2. The second-order valence-electron chi connectivity index (χ2n) is 3.01. The third-order valence-corrected chi connectivity index (χ3v) is 1.58. The van der Waals surface area contributed by atoms with E-state index < -0.39 is 24.3 Å². The SMILES string of the molecule is C=CCC(=O)NC(O)C(O)NC(=O)CC=C. The fourth-order valence-corrected chi connectivity index (χ4v) is 0.868. The molecule has 90 valence electrons. The Labute approximate surface area is 93.7 Å². The molecule has 0 aromatic rings. The molecule has 2 unspecified atom stereocenters. The highest BCUT2D eigenvalue weighted by molar-refractivity contribution is 5.78. The van der Waals surface area contributed by atoms with Gasteiger partial charge in [0.15, 0.2) is 12.5 Å². The molecular formula is C10H16N2O4. The highest BCUT2D eigenvalue weighted by Gasteiger charge is 2.19. The summed E-state index contributed by atoms with van der Waals surface area (Å²) in [6.07, 6.45) is -0.369. The predicted molar refractivity (Wildman–Crippen MR) is 57.9 cm³/mol. The first-order chi connectivity index (χ1) is 7.51. The van der Waals surface area contributed by atoms with Gasteiger partial charge in [0.05, 0.1) is 0 Å². The number of amides is 2. The Balaban J connectivity index is 4.02. The molecule has 0 saturated carbocycles. The topological polar surface area (TPSA) is 98.7 Å². The van der Waals surface area contributed by atoms with Crippen molar-refractivity contribution in [3.05, 3.63) is 25.3 Å². The van der Waals surface area contributed by atoms with Crippen LogP contribution in [0.3, 0.4) is 0 Å². The average molecular weight is 228 g/mol. The van der Waals surface area contributed by atoms with Crippen molar-refractivity contribution in [1.82, 2.24) is 10.6 Å². The molecule has 2 amide bonds. The van der Waals surface area contributed by atoms with Gasteiger partial charge in [-0.2, -0.15) is 0 Å². The van der Waals surface area contributed by atoms with Gasteiger partial charge in [-0.25, -0.2) is 0 Å². The molecule has 0 fully saturated rings. The van der Waals surface area contributed by atoms with Gasteiger partial charge in [0.1, 0.15) is 0 Å². The first kappa shape index (κ1) is 14.3. The molecule has 6 heteroatoms. The molecule has 0 saturated heterocycles. The van der Waals surface area contributed by atoms with Gasteiger partial charge in [-0.05, 0) is 0 Å². The van der Waals surface area contributed by atoms with E-state index in [1.807, 2.05) is 0 Å². The standard InChI is InChI=1S/C10H16N2O4/c1-3-5-7(13)11-9(15)10(16)12-8(14)6-4-2/h3-4,9-10,15-16H,1-2,5-6H2,(H,11,13)(H,12,14). The Bertz CT molecular complexity index is 250. The van der Waals surface area contributed by atoms with Gasteiger partial charge < -0.3 is 20.8 Å². The van der Waals surface area contributed by atoms with Crippen molar-refractivity contribution in [1.29, 1.82) is 0 Å². The minimum absolute atomic E-state index is 0.0182. The number of aliphatic hydroxyl groups excluding tert-OH is 2. The molecule has 16 heavy (non-hydrogen) atoms. The largest absolute Gasteiger partial charge is 0.369 e. The first-order valence-corrected chi connectivity index (χ1v) is 4.68. The van der Waals surface area contributed by atoms with Crippen LogP contribution >= 0.6 is 0 Å². The lowest BCUT2D eigenvalue weighted by Crippen LogP contribution is -2.51. The van der Waals surface area contributed by atoms with Crippen molar-refractivity contribution >= 4 is 11.8 Å². The van der Waals surface area contributed by atoms with E-state index in [9.17, 15) is 19.8 Å². The van der Waals surface area contributed by atoms with E-state index in [1.165, 1.54) is 12.2 Å². The van der Waals surface area contributed by atoms with Crippen LogP contribution in [0.4, 0.5) is 0 Å². The van der Waals surface area contributed by atoms with Crippen LogP contribution in [-0.2, 0) is 9.59 Å². The number of hydrogen-bond donors (Lipinski definition) is 4. The third-order valence-electron chi connectivity index (χ3n) is 1.58. The summed E-state index contributed by atoms with van der Waals surface area (Å²) in [6, 6.07) is 0. The van der Waals surface area contributed by atoms with Crippen LogP contribution in [0.15, 0.2) is 25.3 Å². The molecule has 0 bridgehead atoms. The Morgan fingerprint density at radius 2 is 1.31 bits per heavy atom. The quantitative estimate of drug-likeness (QED) is 0.332. The van der Waals surface area contributed by atoms with Crippen LogP contribution < -0.4 is 10.6 Å². The Morgan fingerprint density at radius 1 is 1.00 bits per heavy atom. The predicted octanol–water partition coefficient (Wildman–Crippen LogP) is -0.992. The van der Waals surface area contributed by atoms with E-state index in [1.54, 1.807) is 0 Å². The fourth-order valence-electron chi connectivity index (χ4n) is 0.868. The van der Waals surface area contributed by atoms with E-state index in [0.29, 0.717) is 0 Å². The molecule has 2 atom stereocenters. The van der Waals surface area contributed by atoms with Crippen molar-refractivity contribution in [2.75, 3.05) is 0 Å². The van der Waals surface area contributed by atoms with Gasteiger partial charge in [-0.15, -0.1) is 13.2 Å². The van der Waals surface area contributed by atoms with Gasteiger partial charge in [-0.1, -0.05) is 12.2 Å². The van der Waals surface area contributed by atoms with Crippen LogP contribution in [-0.4, -0.2) is 34.5 Å². The molecular weight excluding hydrogens is 212 g/mol. The minimum atomic E-state index is -1.55. The number of carbonyl (C=O) groups excluding carboxylic acids is 2. The number of aliphatic hydroxyl groups is 2. The number of rotatable bonds is 7. The second-order valence-corrected chi connectivity index (χ2v) is 3.01. The van der Waals surface area contributed by atoms with Crippen molar-refractivity contribution < 1.29 is 19.8 Å². The summed E-state index contributed by atoms with van der Waals surface area (Å²) < 4.78 is 0. The van der Waals surface area contributed by atoms with E-state index in [0.717, 1.165) is 0 Å². The summed E-state index contributed by atoms with van der Waals surface area (Å²) in [5, 5.41) is 22.7. The molecule has 0 aliphatic carbocycles. The number of carbonyl (C=O) groups is 2. The zero-order valence-electron chi connectivity index (χ0n) is 8.85. The molecule has 0 radical (unpaired) electrons. The molecule has 0 aliphatic rings. The maximum Gasteiger partial charge on any atom is 0.225 e. The zero-order valence-corrected chi connectivity index (χ0v) is 8.85. The van der Waals surface area contributed by atoms with Crippen molar-refractivity contribution in [3.63, 3.8) is 0 Å². The Hall–Kier alpha value is -1.66. The van der Waals surface area contributed by atoms with Crippen molar-refractivity contribution in [2.45, 2.75) is 25.3 Å². The average Bonchev–Trinajstić information content (AvgIpc) is 2.17. The monoisotopic (exact) mass is 228 g/mol. The van der Waals surface area contributed by atoms with Crippen molar-refractivity contribution in [2.24, 2.45) is 0 Å². The van der Waals surface area contributed by atoms with Crippen molar-refractivity contribution in [3.8, 4) is 0 Å². The molecule has 6 nitrogen and oxygen atoms in total. The van der Waals surface area contributed by atoms with Crippen LogP contribution in [0.1, 0.15) is 12.8 Å². The zero-order chi connectivity index (χ0) is 12.6. The molecule has 0 rings (SSSR count). The lowest BCUT2D eigenvalue weighted by atomic mass is 10.3. The second kappa shape index (κ2) is 7.61. The summed E-state index contributed by atoms with van der Waals surface area (Å²) >= 11 is 0. The van der Waals surface area contributed by atoms with Gasteiger partial charge in [-0.3, -0.25) is 9.59 Å². The fraction of sp³-hybridized carbons (Fsp3) is 0.400. The van der Waals surface area contributed by atoms with E-state index >= 15 is 0 Å². The Morgan fingerprint density at radius 3 is 1.56 bits per heavy atom. The van der Waals surface area contributed by atoms with Gasteiger partial charge in [0.25, 0.3) is 0 Å². The third kappa shape index (κ3) is 5.94. The lowest BCUT2D eigenvalue weighted by Gasteiger charge is -2.19. The van der Waals surface area contributed by atoms with E-state index in [4.69, 9.17) is 0 Å². The highest BCUT2D eigenvalue weighted by atomic mass is 16.4. The number of hydrogen-bond acceptors (Lipinski definition) is 4. The van der Waals surface area contributed by atoms with Crippen LogP contribution in [0.2, 0.25) is 0 Å². The van der Waals surface area contributed by atoms with Crippen LogP contribution in [0.5, 0.6) is 0 Å². The summed E-state index contributed by atoms with van der Waals surface area (Å²) in [6.45, 7) is 6.68. The molecule has 0 aromatic carbocycles. The molecule has 0 aromatic heterocycles. The summed E-state index contributed by atoms with van der Waals surface area (Å²) in [4.78, 5) is 22.0. The van der Waals surface area contributed by atoms with Gasteiger partial charge in [0, 0.05) is 12.8 Å². The first-order valence-electron chi connectivity index (χ1n) is 4.68. The molecule has 4 N–H and O–H groups in total. The maximum atomic E-state index is 11.0. The van der Waals surface area contributed by atoms with Crippen LogP contribution in [0, 0.1) is 0 Å². The lowest BCUT2D eigenvalue weighted by molar-refractivity contribution is -0.132. The maximum absolute atomic E-state index is 11.0. The summed E-state index contributed by atoms with van der Waals surface area (Å²) in [5.74, 6) is -1.00. The normalized spacial score (nSPS) is 13.4. The van der Waals surface area contributed by atoms with Gasteiger partial charge >= 0.3 is 0 Å². The summed E-state index contributed by atoms with van der Waals surface area (Å²) in [5.41, 5.74) is 0. The van der Waals surface area contributed by atoms with Gasteiger partial charge in [0.2, 0.25) is 11.8 Å². The van der Waals surface area contributed by atoms with E-state index in [2.05, 4.69) is 23.8 Å². The molecule has 0 spiro atoms. The highest BCUT2D eigenvalue weighted by Crippen LogP contribution is 1.90. The Kier molecular flexibility index (Phi) is 6.82.